The van der Waals surface area contributed by atoms with Crippen LogP contribution in [0.5, 0.6) is 0 Å². The van der Waals surface area contributed by atoms with Gasteiger partial charge in [-0.15, -0.1) is 0 Å². The highest BCUT2D eigenvalue weighted by molar-refractivity contribution is 5.47. The first-order chi connectivity index (χ1) is 11.1. The SMILES string of the molecule is NC1(c2cc(Cn3ccnc3)ccc2[N+](=O)[O-])CCCCCC1. The van der Waals surface area contributed by atoms with Crippen LogP contribution in [0.15, 0.2) is 36.9 Å². The third-order valence-corrected chi connectivity index (χ3v) is 4.71. The van der Waals surface area contributed by atoms with Gasteiger partial charge in [0.05, 0.1) is 11.3 Å². The van der Waals surface area contributed by atoms with E-state index in [1.807, 2.05) is 22.9 Å². The van der Waals surface area contributed by atoms with E-state index in [1.54, 1.807) is 18.6 Å². The first-order valence-corrected chi connectivity index (χ1v) is 8.11. The van der Waals surface area contributed by atoms with Crippen LogP contribution < -0.4 is 5.73 Å². The molecule has 3 rings (SSSR count). The monoisotopic (exact) mass is 314 g/mol. The molecule has 1 fully saturated rings. The van der Waals surface area contributed by atoms with Gasteiger partial charge in [0.1, 0.15) is 0 Å². The second kappa shape index (κ2) is 6.50. The lowest BCUT2D eigenvalue weighted by atomic mass is 9.82. The average Bonchev–Trinajstić information content (AvgIpc) is 2.93. The van der Waals surface area contributed by atoms with Crippen molar-refractivity contribution in [3.63, 3.8) is 0 Å². The van der Waals surface area contributed by atoms with Crippen molar-refractivity contribution >= 4 is 5.69 Å². The Balaban J connectivity index is 1.99. The number of benzene rings is 1. The van der Waals surface area contributed by atoms with Crippen molar-refractivity contribution in [3.8, 4) is 0 Å². The molecule has 0 aliphatic heterocycles. The van der Waals surface area contributed by atoms with Crippen molar-refractivity contribution in [1.29, 1.82) is 0 Å². The predicted octanol–water partition coefficient (Wildman–Crippen LogP) is 3.35. The van der Waals surface area contributed by atoms with Crippen molar-refractivity contribution in [3.05, 3.63) is 58.2 Å². The lowest BCUT2D eigenvalue weighted by Crippen LogP contribution is -2.36. The van der Waals surface area contributed by atoms with E-state index >= 15 is 0 Å². The molecule has 1 saturated carbocycles. The molecule has 1 heterocycles. The summed E-state index contributed by atoms with van der Waals surface area (Å²) in [6.45, 7) is 0.640. The third kappa shape index (κ3) is 3.42. The number of nitro benzene ring substituents is 1. The van der Waals surface area contributed by atoms with Crippen LogP contribution in [0.3, 0.4) is 0 Å². The zero-order chi connectivity index (χ0) is 16.3. The van der Waals surface area contributed by atoms with E-state index < -0.39 is 5.54 Å². The lowest BCUT2D eigenvalue weighted by Gasteiger charge is -2.28. The van der Waals surface area contributed by atoms with Crippen molar-refractivity contribution < 1.29 is 4.92 Å². The van der Waals surface area contributed by atoms with E-state index in [0.717, 1.165) is 44.1 Å². The van der Waals surface area contributed by atoms with Gasteiger partial charge in [-0.25, -0.2) is 4.98 Å². The van der Waals surface area contributed by atoms with Gasteiger partial charge < -0.3 is 10.3 Å². The van der Waals surface area contributed by atoms with Gasteiger partial charge in [-0.05, 0) is 24.5 Å². The minimum atomic E-state index is -0.593. The van der Waals surface area contributed by atoms with Gasteiger partial charge in [0.15, 0.2) is 0 Å². The molecule has 1 aliphatic carbocycles. The molecular formula is C17H22N4O2. The van der Waals surface area contributed by atoms with E-state index in [-0.39, 0.29) is 10.6 Å². The molecule has 0 bridgehead atoms. The Bertz CT molecular complexity index is 674. The van der Waals surface area contributed by atoms with Crippen LogP contribution >= 0.6 is 0 Å². The van der Waals surface area contributed by atoms with E-state index in [0.29, 0.717) is 12.1 Å². The molecule has 0 atom stereocenters. The number of nitrogens with two attached hydrogens (primary N) is 1. The highest BCUT2D eigenvalue weighted by atomic mass is 16.6. The van der Waals surface area contributed by atoms with Crippen LogP contribution in [-0.4, -0.2) is 14.5 Å². The Labute approximate surface area is 135 Å². The average molecular weight is 314 g/mol. The van der Waals surface area contributed by atoms with Crippen LogP contribution in [0.2, 0.25) is 0 Å². The van der Waals surface area contributed by atoms with Gasteiger partial charge in [0.2, 0.25) is 0 Å². The first kappa shape index (κ1) is 15.7. The summed E-state index contributed by atoms with van der Waals surface area (Å²) < 4.78 is 1.95. The Hall–Kier alpha value is -2.21. The highest BCUT2D eigenvalue weighted by Crippen LogP contribution is 2.38. The van der Waals surface area contributed by atoms with Gasteiger partial charge in [-0.3, -0.25) is 10.1 Å². The van der Waals surface area contributed by atoms with Crippen molar-refractivity contribution in [2.24, 2.45) is 5.73 Å². The van der Waals surface area contributed by atoms with Gasteiger partial charge in [-0.2, -0.15) is 0 Å². The maximum atomic E-state index is 11.5. The maximum Gasteiger partial charge on any atom is 0.274 e. The Kier molecular flexibility index (Phi) is 4.43. The molecule has 122 valence electrons. The van der Waals surface area contributed by atoms with E-state index in [2.05, 4.69) is 4.98 Å². The molecule has 0 spiro atoms. The predicted molar refractivity (Wildman–Crippen MR) is 88.0 cm³/mol. The Morgan fingerprint density at radius 1 is 1.26 bits per heavy atom. The van der Waals surface area contributed by atoms with E-state index in [9.17, 15) is 10.1 Å². The number of nitro groups is 1. The maximum absolute atomic E-state index is 11.5. The van der Waals surface area contributed by atoms with Crippen molar-refractivity contribution in [2.75, 3.05) is 0 Å². The fourth-order valence-electron chi connectivity index (χ4n) is 3.46. The molecule has 1 aromatic heterocycles. The summed E-state index contributed by atoms with van der Waals surface area (Å²) in [7, 11) is 0. The number of aromatic nitrogens is 2. The zero-order valence-corrected chi connectivity index (χ0v) is 13.1. The molecule has 2 N–H and O–H groups in total. The standard InChI is InChI=1S/C17H22N4O2/c18-17(7-3-1-2-4-8-17)15-11-14(5-6-16(15)21(22)23)12-20-10-9-19-13-20/h5-6,9-11,13H,1-4,7-8,12,18H2. The molecule has 0 unspecified atom stereocenters. The van der Waals surface area contributed by atoms with Gasteiger partial charge >= 0.3 is 0 Å². The van der Waals surface area contributed by atoms with Crippen molar-refractivity contribution in [2.45, 2.75) is 50.6 Å². The van der Waals surface area contributed by atoms with Crippen LogP contribution in [0.25, 0.3) is 0 Å². The molecule has 1 aliphatic rings. The fraction of sp³-hybridized carbons (Fsp3) is 0.471. The second-order valence-electron chi connectivity index (χ2n) is 6.41. The molecule has 6 heteroatoms. The number of imidazole rings is 1. The fourth-order valence-corrected chi connectivity index (χ4v) is 3.46. The van der Waals surface area contributed by atoms with Crippen LogP contribution in [0, 0.1) is 10.1 Å². The van der Waals surface area contributed by atoms with Gasteiger partial charge in [0, 0.05) is 36.1 Å². The largest absolute Gasteiger partial charge is 0.333 e. The summed E-state index contributed by atoms with van der Waals surface area (Å²) >= 11 is 0. The summed E-state index contributed by atoms with van der Waals surface area (Å²) in [5.74, 6) is 0. The number of rotatable bonds is 4. The molecular weight excluding hydrogens is 292 g/mol. The first-order valence-electron chi connectivity index (χ1n) is 8.11. The molecule has 23 heavy (non-hydrogen) atoms. The topological polar surface area (TPSA) is 87.0 Å². The van der Waals surface area contributed by atoms with Gasteiger partial charge in [-0.1, -0.05) is 31.7 Å². The smallest absolute Gasteiger partial charge is 0.274 e. The number of nitrogens with zero attached hydrogens (tertiary/aromatic N) is 3. The highest BCUT2D eigenvalue weighted by Gasteiger charge is 2.34. The third-order valence-electron chi connectivity index (χ3n) is 4.71. The van der Waals surface area contributed by atoms with Crippen LogP contribution in [-0.2, 0) is 12.1 Å². The summed E-state index contributed by atoms with van der Waals surface area (Å²) in [6.07, 6.45) is 11.3. The molecule has 0 saturated heterocycles. The minimum absolute atomic E-state index is 0.142. The molecule has 2 aromatic rings. The molecule has 6 nitrogen and oxygen atoms in total. The van der Waals surface area contributed by atoms with Crippen LogP contribution in [0.1, 0.15) is 49.7 Å². The van der Waals surface area contributed by atoms with Gasteiger partial charge in [0.25, 0.3) is 5.69 Å². The summed E-state index contributed by atoms with van der Waals surface area (Å²) in [5, 5.41) is 11.5. The Morgan fingerprint density at radius 3 is 2.61 bits per heavy atom. The van der Waals surface area contributed by atoms with Crippen LogP contribution in [0.4, 0.5) is 5.69 Å². The molecule has 0 amide bonds. The van der Waals surface area contributed by atoms with E-state index in [1.165, 1.54) is 0 Å². The zero-order valence-electron chi connectivity index (χ0n) is 13.1. The second-order valence-corrected chi connectivity index (χ2v) is 6.41. The minimum Gasteiger partial charge on any atom is -0.333 e. The van der Waals surface area contributed by atoms with Crippen molar-refractivity contribution in [1.82, 2.24) is 9.55 Å². The number of hydrogen-bond acceptors (Lipinski definition) is 4. The number of hydrogen-bond donors (Lipinski definition) is 1. The summed E-state index contributed by atoms with van der Waals surface area (Å²) in [4.78, 5) is 15.2. The summed E-state index contributed by atoms with van der Waals surface area (Å²) in [6, 6.07) is 5.33. The quantitative estimate of drug-likeness (QED) is 0.532. The Morgan fingerprint density at radius 2 is 2.00 bits per heavy atom. The summed E-state index contributed by atoms with van der Waals surface area (Å²) in [5.41, 5.74) is 7.88. The lowest BCUT2D eigenvalue weighted by molar-refractivity contribution is -0.386. The molecule has 0 radical (unpaired) electrons. The normalized spacial score (nSPS) is 17.6. The molecule has 1 aromatic carbocycles. The van der Waals surface area contributed by atoms with E-state index in [4.69, 9.17) is 5.73 Å².